The summed E-state index contributed by atoms with van der Waals surface area (Å²) in [5, 5.41) is 0. The summed E-state index contributed by atoms with van der Waals surface area (Å²) in [6.07, 6.45) is 10.2. The summed E-state index contributed by atoms with van der Waals surface area (Å²) in [5.74, 6) is 3.40. The van der Waals surface area contributed by atoms with Crippen LogP contribution in [0.25, 0.3) is 0 Å². The van der Waals surface area contributed by atoms with E-state index >= 15 is 0 Å². The van der Waals surface area contributed by atoms with Crippen molar-refractivity contribution in [2.24, 2.45) is 0 Å². The number of thioether (sulfide) groups is 2. The molecule has 0 bridgehead atoms. The van der Waals surface area contributed by atoms with Crippen LogP contribution in [-0.4, -0.2) is 45.7 Å². The van der Waals surface area contributed by atoms with Crippen LogP contribution in [0, 0.1) is 0 Å². The highest BCUT2D eigenvalue weighted by atomic mass is 32.2. The Morgan fingerprint density at radius 3 is 2.09 bits per heavy atom. The van der Waals surface area contributed by atoms with Crippen molar-refractivity contribution >= 4 is 41.7 Å². The molecule has 0 amide bonds. The second-order valence-corrected chi connectivity index (χ2v) is 21.0. The molecule has 236 valence electrons. The first-order valence-corrected chi connectivity index (χ1v) is 22.4. The minimum atomic E-state index is -3.72. The van der Waals surface area contributed by atoms with Gasteiger partial charge in [0.05, 0.1) is 20.5 Å². The van der Waals surface area contributed by atoms with E-state index < -0.39 is 18.2 Å². The molecule has 2 atom stereocenters. The Bertz CT molecular complexity index is 1320. The lowest BCUT2D eigenvalue weighted by Crippen LogP contribution is -2.43. The third-order valence-electron chi connectivity index (χ3n) is 9.00. The highest BCUT2D eigenvalue weighted by Crippen LogP contribution is 2.49. The number of rotatable bonds is 16. The fraction of sp³-hybridized carbons (Fsp3) is 0.588. The minimum absolute atomic E-state index is 0.196. The monoisotopic (exact) mass is 660 g/mol. The number of fused-ring (bicyclic) bond motifs is 1. The van der Waals surface area contributed by atoms with E-state index in [0.717, 1.165) is 72.2 Å². The van der Waals surface area contributed by atoms with Crippen molar-refractivity contribution in [2.75, 3.05) is 18.3 Å². The molecule has 0 aromatic heterocycles. The number of benzene rings is 2. The number of ether oxygens (including phenoxy) is 2. The Labute approximate surface area is 269 Å². The molecule has 0 saturated carbocycles. The van der Waals surface area contributed by atoms with Crippen LogP contribution in [0.4, 0.5) is 0 Å². The van der Waals surface area contributed by atoms with Gasteiger partial charge >= 0.3 is 0 Å². The third-order valence-corrected chi connectivity index (χ3v) is 18.6. The zero-order valence-electron chi connectivity index (χ0n) is 26.0. The Balaban J connectivity index is 1.60. The van der Waals surface area contributed by atoms with Crippen LogP contribution in [0.5, 0.6) is 11.5 Å². The van der Waals surface area contributed by atoms with Crippen LogP contribution in [0.2, 0.25) is 18.1 Å². The van der Waals surface area contributed by atoms with Gasteiger partial charge in [-0.1, -0.05) is 83.6 Å². The van der Waals surface area contributed by atoms with Crippen molar-refractivity contribution in [1.82, 2.24) is 0 Å². The van der Waals surface area contributed by atoms with Gasteiger partial charge in [-0.3, -0.25) is 0 Å². The summed E-state index contributed by atoms with van der Waals surface area (Å²) in [5.41, 5.74) is 2.20. The molecule has 2 aromatic rings. The molecule has 5 rings (SSSR count). The summed E-state index contributed by atoms with van der Waals surface area (Å²) in [6.45, 7) is 6.99. The quantitative estimate of drug-likeness (QED) is 0.166. The van der Waals surface area contributed by atoms with E-state index in [2.05, 4.69) is 32.9 Å². The molecule has 1 fully saturated rings. The minimum Gasteiger partial charge on any atom is -0.454 e. The second kappa shape index (κ2) is 15.3. The van der Waals surface area contributed by atoms with Crippen molar-refractivity contribution in [1.29, 1.82) is 0 Å². The fourth-order valence-corrected chi connectivity index (χ4v) is 16.2. The summed E-state index contributed by atoms with van der Waals surface area (Å²) < 4.78 is 48.4. The van der Waals surface area contributed by atoms with Crippen molar-refractivity contribution in [2.45, 2.75) is 112 Å². The van der Waals surface area contributed by atoms with Gasteiger partial charge in [0.1, 0.15) is 0 Å². The lowest BCUT2D eigenvalue weighted by Gasteiger charge is -2.38. The van der Waals surface area contributed by atoms with Gasteiger partial charge in [-0.05, 0) is 66.4 Å². The molecular formula is C34H48O5S3Si. The Morgan fingerprint density at radius 1 is 0.884 bits per heavy atom. The zero-order chi connectivity index (χ0) is 30.3. The predicted molar refractivity (Wildman–Crippen MR) is 184 cm³/mol. The number of hydrogen-bond donors (Lipinski definition) is 0. The zero-order valence-corrected chi connectivity index (χ0v) is 29.5. The molecule has 0 radical (unpaired) electrons. The Hall–Kier alpha value is -1.39. The molecule has 0 unspecified atom stereocenters. The normalized spacial score (nSPS) is 20.6. The summed E-state index contributed by atoms with van der Waals surface area (Å²) in [6, 6.07) is 16.6. The van der Waals surface area contributed by atoms with E-state index in [1.165, 1.54) is 19.3 Å². The molecule has 0 spiro atoms. The Kier molecular flexibility index (Phi) is 11.7. The lowest BCUT2D eigenvalue weighted by atomic mass is 9.90. The molecule has 1 aliphatic carbocycles. The molecule has 5 nitrogen and oxygen atoms in total. The standard InChI is InChI=1S/C34H48O5S3Si/c1-4-7-19-43(20-8-5-2,21-9-6-3)39-29-15-16-32(42(35,36)27-13-11-10-12-14-27)34(29)28-24-31-30(37-25-38-31)22-26(28)23-33-40-17-18-41-33/h10-14,16,22,24,29,33-34H,4-9,15,17-21,23,25H2,1-3H3/t29-,34-/m1/s1. The van der Waals surface area contributed by atoms with Crippen LogP contribution >= 0.6 is 23.5 Å². The first kappa shape index (κ1) is 33.0. The average molecular weight is 661 g/mol. The summed E-state index contributed by atoms with van der Waals surface area (Å²) in [4.78, 5) is 0.836. The molecule has 43 heavy (non-hydrogen) atoms. The van der Waals surface area contributed by atoms with Crippen molar-refractivity contribution < 1.29 is 22.3 Å². The van der Waals surface area contributed by atoms with Crippen LogP contribution in [0.15, 0.2) is 58.3 Å². The molecule has 2 aliphatic heterocycles. The van der Waals surface area contributed by atoms with Gasteiger partial charge in [0.15, 0.2) is 19.8 Å². The highest BCUT2D eigenvalue weighted by molar-refractivity contribution is 8.20. The van der Waals surface area contributed by atoms with E-state index in [0.29, 0.717) is 26.6 Å². The van der Waals surface area contributed by atoms with Crippen molar-refractivity contribution in [3.8, 4) is 11.5 Å². The molecule has 3 aliphatic rings. The number of hydrogen-bond acceptors (Lipinski definition) is 7. The topological polar surface area (TPSA) is 61.8 Å². The third kappa shape index (κ3) is 7.71. The number of sulfone groups is 1. The second-order valence-electron chi connectivity index (χ2n) is 12.1. The molecule has 2 aromatic carbocycles. The maximum atomic E-state index is 14.4. The van der Waals surface area contributed by atoms with Crippen molar-refractivity contribution in [3.63, 3.8) is 0 Å². The van der Waals surface area contributed by atoms with Crippen LogP contribution in [-0.2, 0) is 20.7 Å². The van der Waals surface area contributed by atoms with E-state index in [1.54, 1.807) is 12.1 Å². The first-order chi connectivity index (χ1) is 20.9. The molecule has 0 N–H and O–H groups in total. The predicted octanol–water partition coefficient (Wildman–Crippen LogP) is 9.34. The van der Waals surface area contributed by atoms with E-state index in [1.807, 2.05) is 47.8 Å². The largest absolute Gasteiger partial charge is 0.454 e. The first-order valence-electron chi connectivity index (χ1n) is 16.2. The maximum Gasteiger partial charge on any atom is 0.231 e. The van der Waals surface area contributed by atoms with Crippen LogP contribution in [0.1, 0.15) is 82.8 Å². The highest BCUT2D eigenvalue weighted by Gasteiger charge is 2.45. The molecular weight excluding hydrogens is 613 g/mol. The lowest BCUT2D eigenvalue weighted by molar-refractivity contribution is 0.173. The van der Waals surface area contributed by atoms with Crippen LogP contribution < -0.4 is 9.47 Å². The van der Waals surface area contributed by atoms with Gasteiger partial charge in [0, 0.05) is 17.4 Å². The smallest absolute Gasteiger partial charge is 0.231 e. The van der Waals surface area contributed by atoms with Gasteiger partial charge in [-0.2, -0.15) is 0 Å². The van der Waals surface area contributed by atoms with Gasteiger partial charge in [0.2, 0.25) is 16.6 Å². The van der Waals surface area contributed by atoms with Gasteiger partial charge in [-0.25, -0.2) is 8.42 Å². The number of unbranched alkanes of at least 4 members (excludes halogenated alkanes) is 3. The molecule has 9 heteroatoms. The molecule has 2 heterocycles. The Morgan fingerprint density at radius 2 is 1.49 bits per heavy atom. The van der Waals surface area contributed by atoms with Crippen LogP contribution in [0.3, 0.4) is 0 Å². The maximum absolute atomic E-state index is 14.4. The fourth-order valence-electron chi connectivity index (χ4n) is 6.70. The molecule has 1 saturated heterocycles. The summed E-state index contributed by atoms with van der Waals surface area (Å²) in [7, 11) is -5.85. The van der Waals surface area contributed by atoms with E-state index in [-0.39, 0.29) is 18.8 Å². The van der Waals surface area contributed by atoms with Crippen molar-refractivity contribution in [3.05, 3.63) is 64.6 Å². The SMILES string of the molecule is CCCC[Si](CCCC)(CCCC)O[C@@H]1CC=C(S(=O)(=O)c2ccccc2)[C@@H]1c1cc2c(cc1CC1SCCS1)OCO2. The van der Waals surface area contributed by atoms with E-state index in [4.69, 9.17) is 13.9 Å². The van der Waals surface area contributed by atoms with Gasteiger partial charge < -0.3 is 13.9 Å². The van der Waals surface area contributed by atoms with Gasteiger partial charge in [-0.15, -0.1) is 23.5 Å². The summed E-state index contributed by atoms with van der Waals surface area (Å²) >= 11 is 3.99. The average Bonchev–Trinajstić information content (AvgIpc) is 3.79. The van der Waals surface area contributed by atoms with E-state index in [9.17, 15) is 8.42 Å². The van der Waals surface area contributed by atoms with Gasteiger partial charge in [0.25, 0.3) is 0 Å².